The average molecular weight is 343 g/mol. The molecule has 2 aromatic rings. The number of esters is 1. The fourth-order valence-electron chi connectivity index (χ4n) is 3.13. The van der Waals surface area contributed by atoms with E-state index >= 15 is 0 Å². The first-order chi connectivity index (χ1) is 12.0. The van der Waals surface area contributed by atoms with Gasteiger partial charge in [-0.1, -0.05) is 44.9 Å². The molecule has 4 nitrogen and oxygen atoms in total. The first-order valence-corrected chi connectivity index (χ1v) is 9.34. The van der Waals surface area contributed by atoms with Crippen LogP contribution in [0, 0.1) is 0 Å². The average Bonchev–Trinajstić information content (AvgIpc) is 2.59. The van der Waals surface area contributed by atoms with Crippen molar-refractivity contribution < 1.29 is 9.53 Å². The number of nitrogens with zero attached hydrogens (tertiary/aromatic N) is 1. The van der Waals surface area contributed by atoms with Crippen LogP contribution in [-0.2, 0) is 4.74 Å². The van der Waals surface area contributed by atoms with Crippen LogP contribution in [0.25, 0.3) is 10.9 Å². The fourth-order valence-corrected chi connectivity index (χ4v) is 3.13. The Hall–Kier alpha value is -2.10. The van der Waals surface area contributed by atoms with Gasteiger partial charge in [-0.3, -0.25) is 4.79 Å². The Balaban J connectivity index is 2.35. The molecule has 0 saturated carbocycles. The number of carbonyl (C=O) groups excluding carboxylic acids is 1. The lowest BCUT2D eigenvalue weighted by molar-refractivity contribution is 0.0264. The summed E-state index contributed by atoms with van der Waals surface area (Å²) >= 11 is 0. The Kier molecular flexibility index (Phi) is 6.80. The summed E-state index contributed by atoms with van der Waals surface area (Å²) in [4.78, 5) is 25.5. The number of hydrogen-bond acceptors (Lipinski definition) is 3. The summed E-state index contributed by atoms with van der Waals surface area (Å²) in [6.07, 6.45) is 4.79. The van der Waals surface area contributed by atoms with Crippen molar-refractivity contribution in [1.29, 1.82) is 0 Å². The molecule has 0 amide bonds. The molecule has 0 radical (unpaired) electrons. The van der Waals surface area contributed by atoms with Crippen molar-refractivity contribution in [2.75, 3.05) is 0 Å². The first-order valence-electron chi connectivity index (χ1n) is 9.34. The molecule has 0 spiro atoms. The number of hydrogen-bond donors (Lipinski definition) is 0. The monoisotopic (exact) mass is 343 g/mol. The van der Waals surface area contributed by atoms with Gasteiger partial charge >= 0.3 is 5.97 Å². The van der Waals surface area contributed by atoms with Crippen molar-refractivity contribution in [2.24, 2.45) is 0 Å². The summed E-state index contributed by atoms with van der Waals surface area (Å²) in [6, 6.07) is 9.27. The van der Waals surface area contributed by atoms with Gasteiger partial charge in [0, 0.05) is 6.04 Å². The number of fused-ring (bicyclic) bond motifs is 1. The summed E-state index contributed by atoms with van der Waals surface area (Å²) in [6.45, 7) is 8.05. The van der Waals surface area contributed by atoms with Gasteiger partial charge in [-0.15, -0.1) is 0 Å². The van der Waals surface area contributed by atoms with Gasteiger partial charge in [0.15, 0.2) is 0 Å². The standard InChI is InChI=1S/C21H29NO3/c1-5-7-8-12-17(6-2)25-21(24)18-14-16-11-9-10-13-19(16)22(15(3)4)20(18)23/h9-11,13-15,17H,5-8,12H2,1-4H3. The summed E-state index contributed by atoms with van der Waals surface area (Å²) in [5.74, 6) is -0.506. The third-order valence-electron chi connectivity index (χ3n) is 4.54. The summed E-state index contributed by atoms with van der Waals surface area (Å²) < 4.78 is 7.32. The van der Waals surface area contributed by atoms with Gasteiger partial charge in [0.25, 0.3) is 5.56 Å². The number of aromatic nitrogens is 1. The minimum absolute atomic E-state index is 0.0309. The number of para-hydroxylation sites is 1. The third kappa shape index (κ3) is 4.50. The van der Waals surface area contributed by atoms with Crippen LogP contribution in [0.1, 0.15) is 76.2 Å². The van der Waals surface area contributed by atoms with Crippen LogP contribution in [-0.4, -0.2) is 16.6 Å². The van der Waals surface area contributed by atoms with Crippen molar-refractivity contribution in [2.45, 2.75) is 71.9 Å². The van der Waals surface area contributed by atoms with Crippen LogP contribution in [0.3, 0.4) is 0 Å². The highest BCUT2D eigenvalue weighted by Crippen LogP contribution is 2.19. The van der Waals surface area contributed by atoms with Crippen LogP contribution in [0.4, 0.5) is 0 Å². The number of benzene rings is 1. The van der Waals surface area contributed by atoms with Crippen molar-refractivity contribution in [3.8, 4) is 0 Å². The Morgan fingerprint density at radius 2 is 1.88 bits per heavy atom. The van der Waals surface area contributed by atoms with Crippen LogP contribution in [0.15, 0.2) is 35.1 Å². The zero-order valence-electron chi connectivity index (χ0n) is 15.7. The minimum Gasteiger partial charge on any atom is -0.459 e. The molecule has 2 rings (SSSR count). The quantitative estimate of drug-likeness (QED) is 0.495. The molecule has 1 aromatic carbocycles. The fraction of sp³-hybridized carbons (Fsp3) is 0.524. The van der Waals surface area contributed by atoms with E-state index in [0.717, 1.165) is 43.0 Å². The van der Waals surface area contributed by atoms with Crippen molar-refractivity contribution in [3.05, 3.63) is 46.2 Å². The predicted octanol–water partition coefficient (Wildman–Crippen LogP) is 5.10. The van der Waals surface area contributed by atoms with Gasteiger partial charge in [-0.25, -0.2) is 4.79 Å². The lowest BCUT2D eigenvalue weighted by Crippen LogP contribution is -2.30. The first kappa shape index (κ1) is 19.2. The molecule has 4 heteroatoms. The number of carbonyl (C=O) groups is 1. The van der Waals surface area contributed by atoms with Gasteiger partial charge in [0.05, 0.1) is 5.52 Å². The minimum atomic E-state index is -0.506. The topological polar surface area (TPSA) is 48.3 Å². The van der Waals surface area contributed by atoms with E-state index in [1.165, 1.54) is 0 Å². The lowest BCUT2D eigenvalue weighted by atomic mass is 10.1. The highest BCUT2D eigenvalue weighted by Gasteiger charge is 2.21. The third-order valence-corrected chi connectivity index (χ3v) is 4.54. The Labute approximate surface area is 149 Å². The molecule has 0 fully saturated rings. The van der Waals surface area contributed by atoms with Crippen LogP contribution < -0.4 is 5.56 Å². The number of ether oxygens (including phenoxy) is 1. The van der Waals surface area contributed by atoms with E-state index in [2.05, 4.69) is 6.92 Å². The largest absolute Gasteiger partial charge is 0.459 e. The van der Waals surface area contributed by atoms with Crippen LogP contribution >= 0.6 is 0 Å². The second-order valence-electron chi connectivity index (χ2n) is 6.82. The molecule has 1 aromatic heterocycles. The highest BCUT2D eigenvalue weighted by atomic mass is 16.5. The second-order valence-corrected chi connectivity index (χ2v) is 6.82. The van der Waals surface area contributed by atoms with E-state index in [-0.39, 0.29) is 23.3 Å². The van der Waals surface area contributed by atoms with Gasteiger partial charge in [0.1, 0.15) is 11.7 Å². The molecule has 0 N–H and O–H groups in total. The molecule has 1 atom stereocenters. The van der Waals surface area contributed by atoms with Crippen LogP contribution in [0.2, 0.25) is 0 Å². The maximum absolute atomic E-state index is 12.9. The van der Waals surface area contributed by atoms with Crippen molar-refractivity contribution >= 4 is 16.9 Å². The zero-order chi connectivity index (χ0) is 18.4. The van der Waals surface area contributed by atoms with Gasteiger partial charge < -0.3 is 9.30 Å². The molecule has 1 heterocycles. The Bertz CT molecular complexity index is 776. The van der Waals surface area contributed by atoms with E-state index in [1.807, 2.05) is 45.0 Å². The normalized spacial score (nSPS) is 12.5. The van der Waals surface area contributed by atoms with E-state index < -0.39 is 5.97 Å². The molecule has 1 unspecified atom stereocenters. The smallest absolute Gasteiger partial charge is 0.344 e. The van der Waals surface area contributed by atoms with Gasteiger partial charge in [-0.05, 0) is 50.6 Å². The molecule has 0 saturated heterocycles. The zero-order valence-corrected chi connectivity index (χ0v) is 15.7. The molecule has 0 aliphatic carbocycles. The van der Waals surface area contributed by atoms with Crippen molar-refractivity contribution in [3.63, 3.8) is 0 Å². The van der Waals surface area contributed by atoms with Crippen LogP contribution in [0.5, 0.6) is 0 Å². The second kappa shape index (κ2) is 8.84. The van der Waals surface area contributed by atoms with Gasteiger partial charge in [0.2, 0.25) is 0 Å². The highest BCUT2D eigenvalue weighted by molar-refractivity contribution is 5.94. The van der Waals surface area contributed by atoms with E-state index in [0.29, 0.717) is 0 Å². The van der Waals surface area contributed by atoms with E-state index in [4.69, 9.17) is 4.74 Å². The maximum Gasteiger partial charge on any atom is 0.344 e. The molecular weight excluding hydrogens is 314 g/mol. The molecule has 0 aliphatic rings. The summed E-state index contributed by atoms with van der Waals surface area (Å²) in [5, 5.41) is 0.877. The Morgan fingerprint density at radius 3 is 2.52 bits per heavy atom. The summed E-state index contributed by atoms with van der Waals surface area (Å²) in [5.41, 5.74) is 0.692. The van der Waals surface area contributed by atoms with E-state index in [9.17, 15) is 9.59 Å². The Morgan fingerprint density at radius 1 is 1.16 bits per heavy atom. The van der Waals surface area contributed by atoms with E-state index in [1.54, 1.807) is 10.6 Å². The molecule has 25 heavy (non-hydrogen) atoms. The summed E-state index contributed by atoms with van der Waals surface area (Å²) in [7, 11) is 0. The molecule has 136 valence electrons. The molecule has 0 bridgehead atoms. The number of pyridine rings is 1. The maximum atomic E-state index is 12.9. The molecular formula is C21H29NO3. The lowest BCUT2D eigenvalue weighted by Gasteiger charge is -2.18. The SMILES string of the molecule is CCCCCC(CC)OC(=O)c1cc2ccccc2n(C(C)C)c1=O. The van der Waals surface area contributed by atoms with Gasteiger partial charge in [-0.2, -0.15) is 0 Å². The molecule has 0 aliphatic heterocycles. The predicted molar refractivity (Wildman–Crippen MR) is 102 cm³/mol. The number of unbranched alkanes of at least 4 members (excludes halogenated alkanes) is 2. The number of rotatable bonds is 8. The van der Waals surface area contributed by atoms with Crippen molar-refractivity contribution in [1.82, 2.24) is 4.57 Å².